The molecule has 0 aliphatic heterocycles. The van der Waals surface area contributed by atoms with E-state index in [0.29, 0.717) is 25.2 Å². The molecule has 13 heavy (non-hydrogen) atoms. The third kappa shape index (κ3) is 3.38. The third-order valence-corrected chi connectivity index (χ3v) is 1.69. The second-order valence-corrected chi connectivity index (χ2v) is 2.65. The van der Waals surface area contributed by atoms with Crippen molar-refractivity contribution in [3.8, 4) is 0 Å². The molecule has 0 saturated carbocycles. The van der Waals surface area contributed by atoms with Crippen molar-refractivity contribution in [3.05, 3.63) is 35.9 Å². The van der Waals surface area contributed by atoms with Crippen LogP contribution in [0, 0.1) is 6.07 Å². The number of hydrogen-bond donors (Lipinski definition) is 0. The molecule has 0 spiro atoms. The van der Waals surface area contributed by atoms with Crippen LogP contribution in [0.4, 0.5) is 0 Å². The maximum Gasteiger partial charge on any atom is 0.165 e. The molecule has 0 N–H and O–H groups in total. The van der Waals surface area contributed by atoms with Crippen molar-refractivity contribution >= 4 is 5.78 Å². The quantitative estimate of drug-likeness (QED) is 0.508. The second-order valence-electron chi connectivity index (χ2n) is 2.65. The van der Waals surface area contributed by atoms with Crippen LogP contribution >= 0.6 is 0 Å². The highest BCUT2D eigenvalue weighted by molar-refractivity contribution is 5.95. The maximum absolute atomic E-state index is 11.4. The molecule has 0 unspecified atom stereocenters. The standard InChI is InChI=1S/C11H13O2/c1-2-13-9-8-11(12)10-6-4-3-5-7-10/h3-6H,2,8-9H2,1H3. The van der Waals surface area contributed by atoms with Gasteiger partial charge in [0.15, 0.2) is 5.78 Å². The zero-order valence-electron chi connectivity index (χ0n) is 7.75. The van der Waals surface area contributed by atoms with Crippen molar-refractivity contribution in [2.45, 2.75) is 13.3 Å². The van der Waals surface area contributed by atoms with Crippen LogP contribution in [0.2, 0.25) is 0 Å². The Labute approximate surface area is 78.5 Å². The Bertz CT molecular complexity index is 254. The van der Waals surface area contributed by atoms with E-state index in [0.717, 1.165) is 0 Å². The lowest BCUT2D eigenvalue weighted by molar-refractivity contribution is 0.0895. The predicted molar refractivity (Wildman–Crippen MR) is 50.7 cm³/mol. The van der Waals surface area contributed by atoms with Crippen LogP contribution < -0.4 is 0 Å². The molecule has 1 aromatic carbocycles. The Morgan fingerprint density at radius 3 is 3.00 bits per heavy atom. The molecule has 0 fully saturated rings. The van der Waals surface area contributed by atoms with Crippen molar-refractivity contribution in [1.82, 2.24) is 0 Å². The number of ketones is 1. The normalized spacial score (nSPS) is 9.92. The molecule has 0 aliphatic rings. The van der Waals surface area contributed by atoms with E-state index in [1.165, 1.54) is 0 Å². The molecule has 1 aromatic rings. The predicted octanol–water partition coefficient (Wildman–Crippen LogP) is 2.10. The van der Waals surface area contributed by atoms with Crippen LogP contribution in [0.3, 0.4) is 0 Å². The van der Waals surface area contributed by atoms with Gasteiger partial charge >= 0.3 is 0 Å². The van der Waals surface area contributed by atoms with E-state index in [1.807, 2.05) is 19.1 Å². The van der Waals surface area contributed by atoms with Gasteiger partial charge in [0.05, 0.1) is 6.61 Å². The Morgan fingerprint density at radius 1 is 1.54 bits per heavy atom. The lowest BCUT2D eigenvalue weighted by atomic mass is 10.1. The van der Waals surface area contributed by atoms with Crippen LogP contribution in [-0.4, -0.2) is 19.0 Å². The minimum absolute atomic E-state index is 0.0917. The summed E-state index contributed by atoms with van der Waals surface area (Å²) in [6, 6.07) is 10.1. The first-order valence-electron chi connectivity index (χ1n) is 4.42. The van der Waals surface area contributed by atoms with Gasteiger partial charge < -0.3 is 4.74 Å². The minimum Gasteiger partial charge on any atom is -0.381 e. The monoisotopic (exact) mass is 177 g/mol. The molecular weight excluding hydrogens is 164 g/mol. The number of benzene rings is 1. The molecule has 0 atom stereocenters. The largest absolute Gasteiger partial charge is 0.381 e. The van der Waals surface area contributed by atoms with Gasteiger partial charge in [0.25, 0.3) is 0 Å². The molecule has 69 valence electrons. The molecular formula is C11H13O2. The Morgan fingerprint density at radius 2 is 2.38 bits per heavy atom. The molecule has 0 aromatic heterocycles. The molecule has 1 rings (SSSR count). The van der Waals surface area contributed by atoms with Crippen LogP contribution in [0.15, 0.2) is 24.3 Å². The van der Waals surface area contributed by atoms with E-state index >= 15 is 0 Å². The maximum atomic E-state index is 11.4. The van der Waals surface area contributed by atoms with Crippen LogP contribution in [0.25, 0.3) is 0 Å². The van der Waals surface area contributed by atoms with Crippen molar-refractivity contribution < 1.29 is 9.53 Å². The Balaban J connectivity index is 2.40. The van der Waals surface area contributed by atoms with Crippen molar-refractivity contribution in [3.63, 3.8) is 0 Å². The first-order valence-corrected chi connectivity index (χ1v) is 4.42. The number of rotatable bonds is 5. The molecule has 2 nitrogen and oxygen atoms in total. The van der Waals surface area contributed by atoms with Crippen LogP contribution in [0.5, 0.6) is 0 Å². The highest BCUT2D eigenvalue weighted by atomic mass is 16.5. The number of carbonyl (C=O) groups excluding carboxylic acids is 1. The van der Waals surface area contributed by atoms with Gasteiger partial charge in [-0.25, -0.2) is 0 Å². The molecule has 2 heteroatoms. The summed E-state index contributed by atoms with van der Waals surface area (Å²) in [5, 5.41) is 0. The fourth-order valence-electron chi connectivity index (χ4n) is 1.01. The van der Waals surface area contributed by atoms with Gasteiger partial charge in [-0.3, -0.25) is 4.79 Å². The van der Waals surface area contributed by atoms with Gasteiger partial charge in [-0.05, 0) is 13.0 Å². The van der Waals surface area contributed by atoms with Crippen LogP contribution in [-0.2, 0) is 4.74 Å². The lowest BCUT2D eigenvalue weighted by Crippen LogP contribution is -2.04. The van der Waals surface area contributed by atoms with Gasteiger partial charge in [-0.15, -0.1) is 0 Å². The first-order chi connectivity index (χ1) is 6.34. The summed E-state index contributed by atoms with van der Waals surface area (Å²) < 4.78 is 5.09. The van der Waals surface area contributed by atoms with Gasteiger partial charge in [-0.1, -0.05) is 24.3 Å². The van der Waals surface area contributed by atoms with Crippen molar-refractivity contribution in [1.29, 1.82) is 0 Å². The van der Waals surface area contributed by atoms with E-state index in [-0.39, 0.29) is 5.78 Å². The van der Waals surface area contributed by atoms with Gasteiger partial charge in [0.2, 0.25) is 0 Å². The average molecular weight is 177 g/mol. The summed E-state index contributed by atoms with van der Waals surface area (Å²) in [6.07, 6.45) is 0.439. The fraction of sp³-hybridized carbons (Fsp3) is 0.364. The fourth-order valence-corrected chi connectivity index (χ4v) is 1.01. The van der Waals surface area contributed by atoms with Crippen LogP contribution in [0.1, 0.15) is 23.7 Å². The lowest BCUT2D eigenvalue weighted by Gasteiger charge is -2.00. The number of Topliss-reactive ketones (excluding diaryl/α,β-unsaturated/α-hetero) is 1. The molecule has 0 aliphatic carbocycles. The summed E-state index contributed by atoms with van der Waals surface area (Å²) in [5.74, 6) is 0.0917. The zero-order chi connectivity index (χ0) is 9.52. The summed E-state index contributed by atoms with van der Waals surface area (Å²) in [7, 11) is 0. The van der Waals surface area contributed by atoms with E-state index in [4.69, 9.17) is 4.74 Å². The Hall–Kier alpha value is -1.15. The summed E-state index contributed by atoms with van der Waals surface area (Å²) in [6.45, 7) is 3.07. The SMILES string of the molecule is CCOCCC(=O)c1[c]cccc1. The molecule has 0 bridgehead atoms. The molecule has 0 amide bonds. The van der Waals surface area contributed by atoms with E-state index in [2.05, 4.69) is 6.07 Å². The van der Waals surface area contributed by atoms with E-state index < -0.39 is 0 Å². The Kier molecular flexibility index (Phi) is 4.19. The highest BCUT2D eigenvalue weighted by Gasteiger charge is 2.03. The molecule has 1 radical (unpaired) electrons. The molecule has 0 saturated heterocycles. The number of ether oxygens (including phenoxy) is 1. The van der Waals surface area contributed by atoms with E-state index in [9.17, 15) is 4.79 Å². The van der Waals surface area contributed by atoms with Crippen molar-refractivity contribution in [2.75, 3.05) is 13.2 Å². The summed E-state index contributed by atoms with van der Waals surface area (Å²) >= 11 is 0. The zero-order valence-corrected chi connectivity index (χ0v) is 7.75. The van der Waals surface area contributed by atoms with Gasteiger partial charge in [0.1, 0.15) is 0 Å². The number of carbonyl (C=O) groups is 1. The number of hydrogen-bond acceptors (Lipinski definition) is 2. The smallest absolute Gasteiger partial charge is 0.165 e. The van der Waals surface area contributed by atoms with E-state index in [1.54, 1.807) is 12.1 Å². The average Bonchev–Trinajstić information content (AvgIpc) is 2.19. The van der Waals surface area contributed by atoms with Gasteiger partial charge in [-0.2, -0.15) is 0 Å². The summed E-state index contributed by atoms with van der Waals surface area (Å²) in [5.41, 5.74) is 0.641. The molecule has 0 heterocycles. The topological polar surface area (TPSA) is 26.3 Å². The first kappa shape index (κ1) is 9.93. The third-order valence-electron chi connectivity index (χ3n) is 1.69. The van der Waals surface area contributed by atoms with Crippen molar-refractivity contribution in [2.24, 2.45) is 0 Å². The minimum atomic E-state index is 0.0917. The summed E-state index contributed by atoms with van der Waals surface area (Å²) in [4.78, 5) is 11.4. The highest BCUT2D eigenvalue weighted by Crippen LogP contribution is 2.01. The second kappa shape index (κ2) is 5.49. The van der Waals surface area contributed by atoms with Gasteiger partial charge in [0, 0.05) is 18.6 Å².